The van der Waals surface area contributed by atoms with Crippen molar-refractivity contribution in [3.8, 4) is 17.0 Å². The number of aromatic nitrogens is 1. The van der Waals surface area contributed by atoms with Gasteiger partial charge < -0.3 is 24.0 Å². The normalized spacial score (nSPS) is 14.4. The Balaban J connectivity index is 1.74. The summed E-state index contributed by atoms with van der Waals surface area (Å²) >= 11 is 0. The third-order valence-corrected chi connectivity index (χ3v) is 6.23. The number of methoxy groups -OCH3 is 1. The summed E-state index contributed by atoms with van der Waals surface area (Å²) in [7, 11) is 3.66. The van der Waals surface area contributed by atoms with Crippen LogP contribution < -0.4 is 9.64 Å². The minimum absolute atomic E-state index is 0.119. The number of halogens is 1. The molecule has 2 aromatic carbocycles. The molecule has 4 rings (SSSR count). The molecule has 1 amide bonds. The SMILES string of the molecule is COc1ccccc1C(=O)N(Cc1c(-c2ccc(F)cc2)noc1N1CCN(C)CC1)CC(C)C. The molecule has 1 aliphatic heterocycles. The lowest BCUT2D eigenvalue weighted by molar-refractivity contribution is 0.0719. The van der Waals surface area contributed by atoms with E-state index in [-0.39, 0.29) is 17.6 Å². The standard InChI is InChI=1S/C27H33FN4O3/c1-19(2)17-32(26(33)22-7-5-6-8-24(22)34-4)18-23-25(20-9-11-21(28)12-10-20)29-35-27(23)31-15-13-30(3)14-16-31/h5-12,19H,13-18H2,1-4H3. The lowest BCUT2D eigenvalue weighted by atomic mass is 10.0. The first kappa shape index (κ1) is 24.7. The van der Waals surface area contributed by atoms with E-state index in [2.05, 4.69) is 35.9 Å². The fourth-order valence-electron chi connectivity index (χ4n) is 4.38. The van der Waals surface area contributed by atoms with Crippen LogP contribution in [0.5, 0.6) is 5.75 Å². The number of para-hydroxylation sites is 1. The van der Waals surface area contributed by atoms with Gasteiger partial charge in [-0.3, -0.25) is 4.79 Å². The molecule has 1 aliphatic rings. The largest absolute Gasteiger partial charge is 0.496 e. The van der Waals surface area contributed by atoms with E-state index in [1.54, 1.807) is 31.4 Å². The first-order valence-electron chi connectivity index (χ1n) is 12.0. The molecular weight excluding hydrogens is 447 g/mol. The number of hydrogen-bond donors (Lipinski definition) is 0. The third kappa shape index (κ3) is 5.65. The summed E-state index contributed by atoms with van der Waals surface area (Å²) in [5, 5.41) is 4.39. The zero-order chi connectivity index (χ0) is 24.9. The zero-order valence-corrected chi connectivity index (χ0v) is 20.8. The summed E-state index contributed by atoms with van der Waals surface area (Å²) in [4.78, 5) is 20.0. The molecule has 3 aromatic rings. The number of likely N-dealkylation sites (N-methyl/N-ethyl adjacent to an activating group) is 1. The highest BCUT2D eigenvalue weighted by Gasteiger charge is 2.29. The van der Waals surface area contributed by atoms with Gasteiger partial charge in [0.15, 0.2) is 0 Å². The van der Waals surface area contributed by atoms with E-state index in [1.165, 1.54) is 12.1 Å². The third-order valence-electron chi connectivity index (χ3n) is 6.23. The number of nitrogens with zero attached hydrogens (tertiary/aromatic N) is 4. The molecule has 0 radical (unpaired) electrons. The van der Waals surface area contributed by atoms with Crippen molar-refractivity contribution in [3.05, 3.63) is 65.5 Å². The number of ether oxygens (including phenoxy) is 1. The van der Waals surface area contributed by atoms with E-state index in [0.29, 0.717) is 36.0 Å². The van der Waals surface area contributed by atoms with Crippen LogP contribution in [-0.4, -0.2) is 67.7 Å². The number of carbonyl (C=O) groups is 1. The van der Waals surface area contributed by atoms with Crippen molar-refractivity contribution in [2.45, 2.75) is 20.4 Å². The van der Waals surface area contributed by atoms with E-state index < -0.39 is 0 Å². The van der Waals surface area contributed by atoms with Crippen molar-refractivity contribution in [2.24, 2.45) is 5.92 Å². The molecule has 35 heavy (non-hydrogen) atoms. The molecule has 2 heterocycles. The average Bonchev–Trinajstić information content (AvgIpc) is 3.27. The molecule has 8 heteroatoms. The van der Waals surface area contributed by atoms with Gasteiger partial charge in [-0.1, -0.05) is 31.1 Å². The van der Waals surface area contributed by atoms with E-state index in [0.717, 1.165) is 37.3 Å². The molecule has 186 valence electrons. The summed E-state index contributed by atoms with van der Waals surface area (Å²) in [6, 6.07) is 13.5. The van der Waals surface area contributed by atoms with Gasteiger partial charge >= 0.3 is 0 Å². The number of hydrogen-bond acceptors (Lipinski definition) is 6. The lowest BCUT2D eigenvalue weighted by Crippen LogP contribution is -2.45. The summed E-state index contributed by atoms with van der Waals surface area (Å²) in [6.07, 6.45) is 0. The maximum atomic E-state index is 13.7. The molecule has 0 aliphatic carbocycles. The van der Waals surface area contributed by atoms with Crippen molar-refractivity contribution >= 4 is 11.8 Å². The highest BCUT2D eigenvalue weighted by Crippen LogP contribution is 2.34. The predicted octanol–water partition coefficient (Wildman–Crippen LogP) is 4.54. The van der Waals surface area contributed by atoms with Crippen LogP contribution in [0.3, 0.4) is 0 Å². The number of piperazine rings is 1. The second kappa shape index (κ2) is 10.9. The van der Waals surface area contributed by atoms with Crippen LogP contribution in [0.2, 0.25) is 0 Å². The van der Waals surface area contributed by atoms with Gasteiger partial charge in [0.2, 0.25) is 5.88 Å². The van der Waals surface area contributed by atoms with Crippen molar-refractivity contribution in [3.63, 3.8) is 0 Å². The first-order chi connectivity index (χ1) is 16.9. The van der Waals surface area contributed by atoms with E-state index in [1.807, 2.05) is 17.0 Å². The van der Waals surface area contributed by atoms with Gasteiger partial charge in [0.25, 0.3) is 5.91 Å². The molecule has 1 saturated heterocycles. The Labute approximate surface area is 206 Å². The molecule has 1 fully saturated rings. The van der Waals surface area contributed by atoms with E-state index >= 15 is 0 Å². The molecule has 0 saturated carbocycles. The summed E-state index contributed by atoms with van der Waals surface area (Å²) in [5.41, 5.74) is 2.71. The summed E-state index contributed by atoms with van der Waals surface area (Å²) < 4.78 is 25.0. The topological polar surface area (TPSA) is 62.1 Å². The van der Waals surface area contributed by atoms with Crippen LogP contribution in [-0.2, 0) is 6.54 Å². The molecule has 7 nitrogen and oxygen atoms in total. The molecule has 0 N–H and O–H groups in total. The Kier molecular flexibility index (Phi) is 7.70. The molecule has 1 aromatic heterocycles. The number of carbonyl (C=O) groups excluding carboxylic acids is 1. The molecule has 0 unspecified atom stereocenters. The fourth-order valence-corrected chi connectivity index (χ4v) is 4.38. The average molecular weight is 481 g/mol. The number of rotatable bonds is 8. The lowest BCUT2D eigenvalue weighted by Gasteiger charge is -2.33. The number of anilines is 1. The van der Waals surface area contributed by atoms with Crippen LogP contribution in [0, 0.1) is 11.7 Å². The Hall–Kier alpha value is -3.39. The summed E-state index contributed by atoms with van der Waals surface area (Å²) in [6.45, 7) is 8.43. The molecule has 0 atom stereocenters. The number of amides is 1. The van der Waals surface area contributed by atoms with E-state index in [9.17, 15) is 9.18 Å². The minimum atomic E-state index is -0.314. The van der Waals surface area contributed by atoms with Gasteiger partial charge in [-0.25, -0.2) is 4.39 Å². The van der Waals surface area contributed by atoms with Gasteiger partial charge in [0, 0.05) is 38.3 Å². The number of benzene rings is 2. The summed E-state index contributed by atoms with van der Waals surface area (Å²) in [5.74, 6) is 1.01. The zero-order valence-electron chi connectivity index (χ0n) is 20.8. The minimum Gasteiger partial charge on any atom is -0.496 e. The molecular formula is C27H33FN4O3. The second-order valence-corrected chi connectivity index (χ2v) is 9.39. The van der Waals surface area contributed by atoms with Crippen LogP contribution in [0.25, 0.3) is 11.3 Å². The fraction of sp³-hybridized carbons (Fsp3) is 0.407. The first-order valence-corrected chi connectivity index (χ1v) is 12.0. The Bertz CT molecular complexity index is 1140. The predicted molar refractivity (Wildman–Crippen MR) is 134 cm³/mol. The highest BCUT2D eigenvalue weighted by atomic mass is 19.1. The maximum absolute atomic E-state index is 13.7. The highest BCUT2D eigenvalue weighted by molar-refractivity contribution is 5.97. The monoisotopic (exact) mass is 480 g/mol. The van der Waals surface area contributed by atoms with Crippen LogP contribution in [0.15, 0.2) is 53.1 Å². The quantitative estimate of drug-likeness (QED) is 0.472. The van der Waals surface area contributed by atoms with Gasteiger partial charge in [-0.2, -0.15) is 0 Å². The van der Waals surface area contributed by atoms with Gasteiger partial charge in [0.1, 0.15) is 17.3 Å². The molecule has 0 spiro atoms. The Morgan fingerprint density at radius 1 is 1.11 bits per heavy atom. The van der Waals surface area contributed by atoms with Crippen molar-refractivity contribution in [1.82, 2.24) is 15.0 Å². The molecule has 0 bridgehead atoms. The van der Waals surface area contributed by atoms with E-state index in [4.69, 9.17) is 9.26 Å². The second-order valence-electron chi connectivity index (χ2n) is 9.39. The van der Waals surface area contributed by atoms with Crippen molar-refractivity contribution in [1.29, 1.82) is 0 Å². The maximum Gasteiger partial charge on any atom is 0.257 e. The van der Waals surface area contributed by atoms with Gasteiger partial charge in [-0.05, 0) is 49.4 Å². The van der Waals surface area contributed by atoms with Crippen molar-refractivity contribution < 1.29 is 18.4 Å². The van der Waals surface area contributed by atoms with Gasteiger partial charge in [0.05, 0.1) is 24.8 Å². The van der Waals surface area contributed by atoms with Crippen molar-refractivity contribution in [2.75, 3.05) is 51.8 Å². The Morgan fingerprint density at radius 3 is 2.46 bits per heavy atom. The van der Waals surface area contributed by atoms with Crippen LogP contribution in [0.4, 0.5) is 10.3 Å². The van der Waals surface area contributed by atoms with Crippen LogP contribution >= 0.6 is 0 Å². The van der Waals surface area contributed by atoms with Crippen LogP contribution in [0.1, 0.15) is 29.8 Å². The Morgan fingerprint density at radius 2 is 1.80 bits per heavy atom. The smallest absolute Gasteiger partial charge is 0.257 e. The van der Waals surface area contributed by atoms with Gasteiger partial charge in [-0.15, -0.1) is 0 Å².